The van der Waals surface area contributed by atoms with Crippen molar-refractivity contribution in [2.24, 2.45) is 0 Å². The molecule has 0 fully saturated rings. The number of carboxylic acid groups (broad SMARTS) is 1. The lowest BCUT2D eigenvalue weighted by Crippen LogP contribution is -2.09. The van der Waals surface area contributed by atoms with Crippen LogP contribution in [0.1, 0.15) is 5.56 Å². The van der Waals surface area contributed by atoms with Gasteiger partial charge in [0.15, 0.2) is 0 Å². The standard InChI is InChI=1S/C10H8ClNO3/c11-9(12)7(10(14)15)8(13)6-4-2-1-3-5-6/h1-5,12-13H,(H,14,15). The molecular weight excluding hydrogens is 218 g/mol. The van der Waals surface area contributed by atoms with Crippen molar-refractivity contribution in [3.05, 3.63) is 41.5 Å². The number of nitrogens with one attached hydrogen (secondary N) is 1. The quantitative estimate of drug-likeness (QED) is 0.419. The number of carboxylic acids is 1. The van der Waals surface area contributed by atoms with E-state index in [0.29, 0.717) is 5.56 Å². The second kappa shape index (κ2) is 4.61. The summed E-state index contributed by atoms with van der Waals surface area (Å²) in [7, 11) is 0. The number of hydrogen-bond acceptors (Lipinski definition) is 3. The molecule has 0 aromatic heterocycles. The maximum Gasteiger partial charge on any atom is 0.342 e. The number of aliphatic hydroxyl groups excluding tert-OH is 1. The Labute approximate surface area is 90.9 Å². The van der Waals surface area contributed by atoms with Crippen molar-refractivity contribution in [2.45, 2.75) is 0 Å². The van der Waals surface area contributed by atoms with Crippen molar-refractivity contribution in [3.63, 3.8) is 0 Å². The summed E-state index contributed by atoms with van der Waals surface area (Å²) in [6.07, 6.45) is 0. The SMILES string of the molecule is N=C(Cl)C(C(=O)O)=C(O)c1ccccc1. The van der Waals surface area contributed by atoms with Gasteiger partial charge < -0.3 is 10.2 Å². The first-order valence-electron chi connectivity index (χ1n) is 4.00. The van der Waals surface area contributed by atoms with Crippen LogP contribution in [0.5, 0.6) is 0 Å². The Morgan fingerprint density at radius 1 is 1.20 bits per heavy atom. The van der Waals surface area contributed by atoms with Crippen LogP contribution in [-0.4, -0.2) is 21.4 Å². The highest BCUT2D eigenvalue weighted by atomic mass is 35.5. The van der Waals surface area contributed by atoms with Gasteiger partial charge in [-0.25, -0.2) is 4.79 Å². The lowest BCUT2D eigenvalue weighted by molar-refractivity contribution is -0.132. The molecule has 1 rings (SSSR count). The Morgan fingerprint density at radius 3 is 2.13 bits per heavy atom. The van der Waals surface area contributed by atoms with E-state index in [0.717, 1.165) is 0 Å². The molecule has 1 aromatic carbocycles. The highest BCUT2D eigenvalue weighted by molar-refractivity contribution is 6.72. The Morgan fingerprint density at radius 2 is 1.73 bits per heavy atom. The minimum Gasteiger partial charge on any atom is -0.506 e. The van der Waals surface area contributed by atoms with E-state index in [-0.39, 0.29) is 0 Å². The van der Waals surface area contributed by atoms with Crippen LogP contribution < -0.4 is 0 Å². The average molecular weight is 226 g/mol. The molecule has 0 spiro atoms. The maximum atomic E-state index is 10.7. The number of benzene rings is 1. The van der Waals surface area contributed by atoms with Crippen LogP contribution in [0.2, 0.25) is 0 Å². The predicted molar refractivity (Wildman–Crippen MR) is 57.2 cm³/mol. The molecule has 1 aromatic rings. The summed E-state index contributed by atoms with van der Waals surface area (Å²) in [4.78, 5) is 10.7. The third-order valence-electron chi connectivity index (χ3n) is 1.72. The van der Waals surface area contributed by atoms with Crippen LogP contribution in [0.15, 0.2) is 35.9 Å². The summed E-state index contributed by atoms with van der Waals surface area (Å²) in [6.45, 7) is 0. The summed E-state index contributed by atoms with van der Waals surface area (Å²) in [5.41, 5.74) is -0.303. The second-order valence-electron chi connectivity index (χ2n) is 2.71. The fourth-order valence-corrected chi connectivity index (χ4v) is 1.21. The Kier molecular flexibility index (Phi) is 3.46. The summed E-state index contributed by atoms with van der Waals surface area (Å²) in [5.74, 6) is -1.94. The van der Waals surface area contributed by atoms with E-state index in [1.54, 1.807) is 18.2 Å². The molecule has 0 saturated carbocycles. The van der Waals surface area contributed by atoms with Gasteiger partial charge in [-0.3, -0.25) is 5.41 Å². The molecule has 0 unspecified atom stereocenters. The van der Waals surface area contributed by atoms with Crippen LogP contribution in [0.3, 0.4) is 0 Å². The van der Waals surface area contributed by atoms with Crippen LogP contribution in [0, 0.1) is 5.41 Å². The van der Waals surface area contributed by atoms with Crippen LogP contribution in [0.25, 0.3) is 5.76 Å². The maximum absolute atomic E-state index is 10.7. The number of rotatable bonds is 3. The molecule has 0 bridgehead atoms. The lowest BCUT2D eigenvalue weighted by atomic mass is 10.1. The Bertz CT molecular complexity index is 410. The van der Waals surface area contributed by atoms with E-state index in [9.17, 15) is 9.90 Å². The van der Waals surface area contributed by atoms with Gasteiger partial charge in [0.2, 0.25) is 0 Å². The van der Waals surface area contributed by atoms with Gasteiger partial charge >= 0.3 is 5.97 Å². The zero-order valence-corrected chi connectivity index (χ0v) is 8.32. The minimum atomic E-state index is -1.43. The molecule has 0 amide bonds. The van der Waals surface area contributed by atoms with E-state index in [4.69, 9.17) is 22.1 Å². The molecule has 15 heavy (non-hydrogen) atoms. The highest BCUT2D eigenvalue weighted by Gasteiger charge is 2.18. The van der Waals surface area contributed by atoms with Gasteiger partial charge in [0.05, 0.1) is 0 Å². The van der Waals surface area contributed by atoms with Crippen molar-refractivity contribution >= 4 is 28.5 Å². The van der Waals surface area contributed by atoms with Crippen molar-refractivity contribution in [1.29, 1.82) is 5.41 Å². The fourth-order valence-electron chi connectivity index (χ4n) is 1.04. The van der Waals surface area contributed by atoms with Crippen molar-refractivity contribution in [1.82, 2.24) is 0 Å². The molecular formula is C10H8ClNO3. The van der Waals surface area contributed by atoms with Crippen LogP contribution in [-0.2, 0) is 4.79 Å². The van der Waals surface area contributed by atoms with E-state index >= 15 is 0 Å². The minimum absolute atomic E-state index is 0.306. The smallest absolute Gasteiger partial charge is 0.342 e. The lowest BCUT2D eigenvalue weighted by Gasteiger charge is -2.04. The van der Waals surface area contributed by atoms with Crippen LogP contribution in [0.4, 0.5) is 0 Å². The summed E-state index contributed by atoms with van der Waals surface area (Å²) >= 11 is 5.27. The van der Waals surface area contributed by atoms with Crippen molar-refractivity contribution in [3.8, 4) is 0 Å². The second-order valence-corrected chi connectivity index (χ2v) is 3.09. The largest absolute Gasteiger partial charge is 0.506 e. The molecule has 78 valence electrons. The highest BCUT2D eigenvalue weighted by Crippen LogP contribution is 2.17. The van der Waals surface area contributed by atoms with E-state index < -0.39 is 22.5 Å². The summed E-state index contributed by atoms with van der Waals surface area (Å²) < 4.78 is 0. The Balaban J connectivity index is 3.29. The molecule has 4 nitrogen and oxygen atoms in total. The zero-order valence-electron chi connectivity index (χ0n) is 7.57. The van der Waals surface area contributed by atoms with E-state index in [2.05, 4.69) is 0 Å². The molecule has 0 aliphatic rings. The van der Waals surface area contributed by atoms with E-state index in [1.165, 1.54) is 12.1 Å². The van der Waals surface area contributed by atoms with Gasteiger partial charge in [0.25, 0.3) is 0 Å². The number of carbonyl (C=O) groups is 1. The third kappa shape index (κ3) is 2.57. The van der Waals surface area contributed by atoms with Gasteiger partial charge in [0, 0.05) is 5.56 Å². The average Bonchev–Trinajstić information content (AvgIpc) is 2.18. The third-order valence-corrected chi connectivity index (χ3v) is 1.91. The fraction of sp³-hybridized carbons (Fsp3) is 0. The number of hydrogen-bond donors (Lipinski definition) is 3. The molecule has 0 heterocycles. The zero-order chi connectivity index (χ0) is 11.4. The van der Waals surface area contributed by atoms with Gasteiger partial charge in [-0.05, 0) is 0 Å². The molecule has 0 radical (unpaired) electrons. The van der Waals surface area contributed by atoms with Crippen LogP contribution >= 0.6 is 11.6 Å². The number of aliphatic carboxylic acids is 1. The first-order valence-corrected chi connectivity index (χ1v) is 4.38. The van der Waals surface area contributed by atoms with Gasteiger partial charge in [-0.1, -0.05) is 41.9 Å². The van der Waals surface area contributed by atoms with Gasteiger partial charge in [0.1, 0.15) is 16.5 Å². The van der Waals surface area contributed by atoms with Gasteiger partial charge in [-0.15, -0.1) is 0 Å². The number of aliphatic hydroxyl groups is 1. The first kappa shape index (κ1) is 11.3. The van der Waals surface area contributed by atoms with Crippen molar-refractivity contribution in [2.75, 3.05) is 0 Å². The monoisotopic (exact) mass is 225 g/mol. The normalized spacial score (nSPS) is 11.8. The number of halogens is 1. The summed E-state index contributed by atoms with van der Waals surface area (Å²) in [6, 6.07) is 8.06. The molecule has 0 aliphatic heterocycles. The predicted octanol–water partition coefficient (Wildman–Crippen LogP) is 2.26. The molecule has 0 atom stereocenters. The molecule has 3 N–H and O–H groups in total. The van der Waals surface area contributed by atoms with Crippen molar-refractivity contribution < 1.29 is 15.0 Å². The summed E-state index contributed by atoms with van der Waals surface area (Å²) in [5, 5.41) is 24.7. The molecule has 5 heteroatoms. The van der Waals surface area contributed by atoms with Gasteiger partial charge in [-0.2, -0.15) is 0 Å². The Hall–Kier alpha value is -1.81. The first-order chi connectivity index (χ1) is 7.04. The molecule has 0 aliphatic carbocycles. The molecule has 0 saturated heterocycles. The topological polar surface area (TPSA) is 81.4 Å². The van der Waals surface area contributed by atoms with E-state index in [1.807, 2.05) is 0 Å².